The molecule has 0 aromatic rings. The number of carbonyl (C=O) groups excluding carboxylic acids is 2. The number of carbonyl (C=O) groups is 3. The van der Waals surface area contributed by atoms with Crippen molar-refractivity contribution in [2.45, 2.75) is 148 Å². The Morgan fingerprint density at radius 1 is 0.620 bits per heavy atom. The minimum Gasteiger partial charge on any atom is -0.477 e. The first-order chi connectivity index (χ1) is 24.1. The smallest absolute Gasteiger partial charge is 0.362 e. The normalized spacial score (nSPS) is 13.7. The van der Waals surface area contributed by atoms with Gasteiger partial charge < -0.3 is 23.8 Å². The zero-order valence-electron chi connectivity index (χ0n) is 32.3. The molecule has 0 aliphatic heterocycles. The fraction of sp³-hybridized carbons (Fsp3) is 0.690. The minimum absolute atomic E-state index is 0.0204. The quantitative estimate of drug-likeness (QED) is 0.0315. The number of hydrogen-bond acceptors (Lipinski definition) is 6. The van der Waals surface area contributed by atoms with E-state index in [9.17, 15) is 19.5 Å². The molecule has 286 valence electrons. The molecule has 50 heavy (non-hydrogen) atoms. The first-order valence-corrected chi connectivity index (χ1v) is 19.3. The zero-order chi connectivity index (χ0) is 37.1. The van der Waals surface area contributed by atoms with Crippen LogP contribution >= 0.6 is 0 Å². The second-order valence-corrected chi connectivity index (χ2v) is 13.8. The molecule has 0 rings (SSSR count). The van der Waals surface area contributed by atoms with E-state index in [-0.39, 0.29) is 36.7 Å². The molecule has 0 aromatic heterocycles. The Bertz CT molecular complexity index is 1010. The van der Waals surface area contributed by atoms with E-state index >= 15 is 0 Å². The summed E-state index contributed by atoms with van der Waals surface area (Å²) in [5.74, 6) is -1.63. The van der Waals surface area contributed by atoms with Gasteiger partial charge in [0.1, 0.15) is 6.61 Å². The number of rotatable bonds is 33. The van der Waals surface area contributed by atoms with E-state index in [0.29, 0.717) is 19.3 Å². The Hall–Kier alpha value is -2.97. The Morgan fingerprint density at radius 3 is 1.58 bits per heavy atom. The maximum absolute atomic E-state index is 12.6. The number of aliphatic carboxylic acids is 1. The summed E-state index contributed by atoms with van der Waals surface area (Å²) >= 11 is 0. The molecule has 0 amide bonds. The molecule has 2 atom stereocenters. The number of carboxylic acid groups (broad SMARTS) is 1. The van der Waals surface area contributed by atoms with Crippen LogP contribution in [-0.4, -0.2) is 80.6 Å². The summed E-state index contributed by atoms with van der Waals surface area (Å²) in [5, 5.41) is 9.58. The van der Waals surface area contributed by atoms with Gasteiger partial charge >= 0.3 is 17.9 Å². The van der Waals surface area contributed by atoms with Crippen molar-refractivity contribution >= 4 is 17.9 Å². The van der Waals surface area contributed by atoms with Crippen molar-refractivity contribution in [3.05, 3.63) is 60.8 Å². The Kier molecular flexibility index (Phi) is 31.2. The van der Waals surface area contributed by atoms with Crippen molar-refractivity contribution in [2.24, 2.45) is 0 Å². The van der Waals surface area contributed by atoms with Gasteiger partial charge in [0.25, 0.3) is 0 Å². The van der Waals surface area contributed by atoms with E-state index in [1.807, 2.05) is 27.2 Å². The second kappa shape index (κ2) is 33.2. The predicted molar refractivity (Wildman–Crippen MR) is 206 cm³/mol. The van der Waals surface area contributed by atoms with Gasteiger partial charge in [-0.25, -0.2) is 4.79 Å². The molecular weight excluding hydrogens is 630 g/mol. The first-order valence-electron chi connectivity index (χ1n) is 19.3. The lowest BCUT2D eigenvalue weighted by Gasteiger charge is -2.31. The molecular formula is C42H72NO7+. The number of nitrogens with zero attached hydrogens (tertiary/aromatic N) is 1. The van der Waals surface area contributed by atoms with Gasteiger partial charge in [-0.05, 0) is 38.5 Å². The third-order valence-corrected chi connectivity index (χ3v) is 8.21. The molecule has 0 radical (unpaired) electrons. The molecule has 0 aliphatic carbocycles. The molecule has 0 bridgehead atoms. The number of ether oxygens (including phenoxy) is 3. The van der Waals surface area contributed by atoms with Gasteiger partial charge in [0, 0.05) is 12.8 Å². The van der Waals surface area contributed by atoms with Gasteiger partial charge in [0.2, 0.25) is 0 Å². The van der Waals surface area contributed by atoms with Crippen molar-refractivity contribution in [2.75, 3.05) is 41.0 Å². The monoisotopic (exact) mass is 703 g/mol. The summed E-state index contributed by atoms with van der Waals surface area (Å²) in [6.45, 7) is 4.48. The third-order valence-electron chi connectivity index (χ3n) is 8.21. The standard InChI is InChI=1S/C42H71NO7/c1-6-8-10-12-14-16-18-19-20-21-23-25-27-29-31-33-41(45)50-38(36-48-35-34-39(42(46)47)43(3,4)5)37-49-40(44)32-30-28-26-24-22-17-15-13-11-9-7-2/h8,10,14,16,19-20,23,25,29,31,38-39H,6-7,9,11-13,15,17-18,21-22,24,26-28,30,32-37H2,1-5H3/p+1/b10-8-,16-14-,20-19-,25-23-,31-29-. The van der Waals surface area contributed by atoms with Gasteiger partial charge in [-0.1, -0.05) is 139 Å². The molecule has 0 heterocycles. The fourth-order valence-corrected chi connectivity index (χ4v) is 5.22. The van der Waals surface area contributed by atoms with E-state index in [1.54, 1.807) is 6.08 Å². The zero-order valence-corrected chi connectivity index (χ0v) is 32.3. The van der Waals surface area contributed by atoms with E-state index < -0.39 is 24.1 Å². The summed E-state index contributed by atoms with van der Waals surface area (Å²) in [6, 6.07) is -0.630. The number of allylic oxidation sites excluding steroid dienone is 9. The number of unbranched alkanes of at least 4 members (excludes halogenated alkanes) is 10. The summed E-state index contributed by atoms with van der Waals surface area (Å²) in [4.78, 5) is 36.7. The van der Waals surface area contributed by atoms with Crippen molar-refractivity contribution in [1.82, 2.24) is 0 Å². The van der Waals surface area contributed by atoms with Crippen LogP contribution in [0.1, 0.15) is 136 Å². The lowest BCUT2D eigenvalue weighted by atomic mass is 10.1. The lowest BCUT2D eigenvalue weighted by molar-refractivity contribution is -0.887. The lowest BCUT2D eigenvalue weighted by Crippen LogP contribution is -2.50. The summed E-state index contributed by atoms with van der Waals surface area (Å²) in [7, 11) is 5.48. The number of carboxylic acids is 1. The number of quaternary nitrogens is 1. The van der Waals surface area contributed by atoms with E-state index in [2.05, 4.69) is 62.5 Å². The number of hydrogen-bond donors (Lipinski definition) is 1. The third kappa shape index (κ3) is 31.0. The van der Waals surface area contributed by atoms with Crippen molar-refractivity contribution in [3.63, 3.8) is 0 Å². The van der Waals surface area contributed by atoms with Crippen LogP contribution in [0.25, 0.3) is 0 Å². The number of esters is 2. The molecule has 1 N–H and O–H groups in total. The predicted octanol–water partition coefficient (Wildman–Crippen LogP) is 9.85. The second-order valence-electron chi connectivity index (χ2n) is 13.8. The molecule has 0 aliphatic rings. The first kappa shape index (κ1) is 47.0. The van der Waals surface area contributed by atoms with Gasteiger partial charge in [0.15, 0.2) is 12.1 Å². The SMILES string of the molecule is CC/C=C\C/C=C\C/C=C\C/C=C\C/C=C\CC(=O)OC(COCCC(C(=O)O)[N+](C)(C)C)COC(=O)CCCCCCCCCCCCC. The van der Waals surface area contributed by atoms with Gasteiger partial charge in [-0.15, -0.1) is 0 Å². The van der Waals surface area contributed by atoms with Gasteiger partial charge in [-0.2, -0.15) is 0 Å². The summed E-state index contributed by atoms with van der Waals surface area (Å²) in [6.07, 6.45) is 38.6. The highest BCUT2D eigenvalue weighted by atomic mass is 16.6. The molecule has 0 saturated carbocycles. The topological polar surface area (TPSA) is 99.1 Å². The molecule has 2 unspecified atom stereocenters. The molecule has 0 saturated heterocycles. The van der Waals surface area contributed by atoms with Crippen LogP contribution in [0.4, 0.5) is 0 Å². The molecule has 0 spiro atoms. The van der Waals surface area contributed by atoms with Crippen molar-refractivity contribution in [1.29, 1.82) is 0 Å². The van der Waals surface area contributed by atoms with E-state index in [1.165, 1.54) is 51.4 Å². The van der Waals surface area contributed by atoms with E-state index in [0.717, 1.165) is 44.9 Å². The molecule has 0 aromatic carbocycles. The summed E-state index contributed by atoms with van der Waals surface area (Å²) < 4.78 is 17.1. The van der Waals surface area contributed by atoms with Crippen LogP contribution in [0, 0.1) is 0 Å². The van der Waals surface area contributed by atoms with E-state index in [4.69, 9.17) is 14.2 Å². The summed E-state index contributed by atoms with van der Waals surface area (Å²) in [5.41, 5.74) is 0. The van der Waals surface area contributed by atoms with Crippen molar-refractivity contribution < 1.29 is 38.2 Å². The number of likely N-dealkylation sites (N-methyl/N-ethyl adjacent to an activating group) is 1. The van der Waals surface area contributed by atoms with Crippen LogP contribution in [0.15, 0.2) is 60.8 Å². The van der Waals surface area contributed by atoms with Crippen LogP contribution < -0.4 is 0 Å². The van der Waals surface area contributed by atoms with Crippen molar-refractivity contribution in [3.8, 4) is 0 Å². The highest BCUT2D eigenvalue weighted by Gasteiger charge is 2.31. The highest BCUT2D eigenvalue weighted by Crippen LogP contribution is 2.13. The van der Waals surface area contributed by atoms with Crippen LogP contribution in [0.2, 0.25) is 0 Å². The Morgan fingerprint density at radius 2 is 1.10 bits per heavy atom. The fourth-order valence-electron chi connectivity index (χ4n) is 5.22. The largest absolute Gasteiger partial charge is 0.477 e. The van der Waals surface area contributed by atoms with Crippen LogP contribution in [0.5, 0.6) is 0 Å². The maximum atomic E-state index is 12.6. The average molecular weight is 703 g/mol. The average Bonchev–Trinajstić information content (AvgIpc) is 3.06. The van der Waals surface area contributed by atoms with Gasteiger partial charge in [0.05, 0.1) is 40.8 Å². The maximum Gasteiger partial charge on any atom is 0.362 e. The Balaban J connectivity index is 4.58. The van der Waals surface area contributed by atoms with Gasteiger partial charge in [-0.3, -0.25) is 9.59 Å². The van der Waals surface area contributed by atoms with Crippen LogP contribution in [0.3, 0.4) is 0 Å². The minimum atomic E-state index is -0.891. The molecule has 8 nitrogen and oxygen atoms in total. The van der Waals surface area contributed by atoms with Crippen LogP contribution in [-0.2, 0) is 28.6 Å². The molecule has 0 fully saturated rings. The molecule has 8 heteroatoms. The highest BCUT2D eigenvalue weighted by molar-refractivity contribution is 5.72. The Labute approximate surface area is 305 Å².